The zero-order chi connectivity index (χ0) is 14.6. The van der Waals surface area contributed by atoms with Crippen LogP contribution in [0.15, 0.2) is 53.0 Å². The number of benzene rings is 2. The van der Waals surface area contributed by atoms with E-state index in [0.717, 1.165) is 4.47 Å². The Bertz CT molecular complexity index is 684. The van der Waals surface area contributed by atoms with Gasteiger partial charge in [-0.1, -0.05) is 40.2 Å². The lowest BCUT2D eigenvalue weighted by atomic mass is 10.1. The van der Waals surface area contributed by atoms with Crippen LogP contribution in [0.3, 0.4) is 0 Å². The van der Waals surface area contributed by atoms with Crippen molar-refractivity contribution in [3.8, 4) is 0 Å². The quantitative estimate of drug-likeness (QED) is 0.866. The molecular formula is C14H14BrNO3S. The van der Waals surface area contributed by atoms with Gasteiger partial charge >= 0.3 is 0 Å². The van der Waals surface area contributed by atoms with Gasteiger partial charge in [0.1, 0.15) is 0 Å². The summed E-state index contributed by atoms with van der Waals surface area (Å²) in [5.41, 5.74) is 1.86. The summed E-state index contributed by atoms with van der Waals surface area (Å²) in [5.74, 6) is -0.128. The van der Waals surface area contributed by atoms with E-state index >= 15 is 0 Å². The van der Waals surface area contributed by atoms with Crippen molar-refractivity contribution in [2.45, 2.75) is 12.4 Å². The van der Waals surface area contributed by atoms with Crippen LogP contribution in [0.25, 0.3) is 0 Å². The fraction of sp³-hybridized carbons (Fsp3) is 0.143. The molecule has 2 aromatic rings. The van der Waals surface area contributed by atoms with Gasteiger partial charge in [-0.2, -0.15) is 0 Å². The Kier molecular flexibility index (Phi) is 4.80. The molecule has 0 bridgehead atoms. The molecule has 2 aromatic carbocycles. The Morgan fingerprint density at radius 2 is 1.70 bits per heavy atom. The first kappa shape index (κ1) is 15.0. The van der Waals surface area contributed by atoms with Crippen LogP contribution in [0.5, 0.6) is 0 Å². The molecule has 20 heavy (non-hydrogen) atoms. The fourth-order valence-corrected chi connectivity index (χ4v) is 3.22. The number of halogens is 1. The molecular weight excluding hydrogens is 342 g/mol. The van der Waals surface area contributed by atoms with Crippen molar-refractivity contribution in [1.82, 2.24) is 0 Å². The SMILES string of the molecule is O=S(=O)(Cc1cccc(CO)c1)Nc1ccc(Br)cc1. The fourth-order valence-electron chi connectivity index (χ4n) is 1.77. The second-order valence-electron chi connectivity index (χ2n) is 4.35. The van der Waals surface area contributed by atoms with Gasteiger partial charge < -0.3 is 5.11 Å². The van der Waals surface area contributed by atoms with Crippen molar-refractivity contribution < 1.29 is 13.5 Å². The lowest BCUT2D eigenvalue weighted by molar-refractivity contribution is 0.282. The number of aliphatic hydroxyl groups is 1. The summed E-state index contributed by atoms with van der Waals surface area (Å²) in [4.78, 5) is 0. The summed E-state index contributed by atoms with van der Waals surface area (Å²) >= 11 is 3.29. The molecule has 0 unspecified atom stereocenters. The van der Waals surface area contributed by atoms with Crippen molar-refractivity contribution >= 4 is 31.6 Å². The minimum absolute atomic E-state index is 0.103. The van der Waals surface area contributed by atoms with Gasteiger partial charge in [-0.15, -0.1) is 0 Å². The average molecular weight is 356 g/mol. The predicted octanol–water partition coefficient (Wildman–Crippen LogP) is 2.88. The summed E-state index contributed by atoms with van der Waals surface area (Å²) < 4.78 is 27.5. The molecule has 0 saturated carbocycles. The highest BCUT2D eigenvalue weighted by atomic mass is 79.9. The highest BCUT2D eigenvalue weighted by molar-refractivity contribution is 9.10. The molecule has 0 amide bonds. The van der Waals surface area contributed by atoms with Gasteiger partial charge in [0.05, 0.1) is 12.4 Å². The molecule has 0 aromatic heterocycles. The largest absolute Gasteiger partial charge is 0.392 e. The summed E-state index contributed by atoms with van der Waals surface area (Å²) in [6.45, 7) is -0.103. The van der Waals surface area contributed by atoms with Crippen LogP contribution in [0.4, 0.5) is 5.69 Å². The highest BCUT2D eigenvalue weighted by Crippen LogP contribution is 2.17. The molecule has 0 aliphatic carbocycles. The van der Waals surface area contributed by atoms with Crippen molar-refractivity contribution in [2.75, 3.05) is 4.72 Å². The molecule has 0 spiro atoms. The minimum atomic E-state index is -3.47. The van der Waals surface area contributed by atoms with Crippen LogP contribution in [0.2, 0.25) is 0 Å². The molecule has 0 atom stereocenters. The van der Waals surface area contributed by atoms with Gasteiger partial charge in [0.25, 0.3) is 0 Å². The van der Waals surface area contributed by atoms with E-state index in [1.165, 1.54) is 0 Å². The normalized spacial score (nSPS) is 11.3. The summed E-state index contributed by atoms with van der Waals surface area (Å²) in [5, 5.41) is 9.05. The lowest BCUT2D eigenvalue weighted by Gasteiger charge is -2.09. The van der Waals surface area contributed by atoms with E-state index in [4.69, 9.17) is 5.11 Å². The second kappa shape index (κ2) is 6.39. The van der Waals surface area contributed by atoms with E-state index in [0.29, 0.717) is 16.8 Å². The summed E-state index contributed by atoms with van der Waals surface area (Å²) in [6.07, 6.45) is 0. The number of hydrogen-bond acceptors (Lipinski definition) is 3. The van der Waals surface area contributed by atoms with Crippen LogP contribution < -0.4 is 4.72 Å². The molecule has 0 aliphatic heterocycles. The molecule has 0 radical (unpaired) electrons. The minimum Gasteiger partial charge on any atom is -0.392 e. The van der Waals surface area contributed by atoms with Gasteiger partial charge in [0, 0.05) is 10.2 Å². The molecule has 6 heteroatoms. The maximum atomic E-state index is 12.1. The van der Waals surface area contributed by atoms with Crippen molar-refractivity contribution in [1.29, 1.82) is 0 Å². The van der Waals surface area contributed by atoms with E-state index < -0.39 is 10.0 Å². The molecule has 2 rings (SSSR count). The average Bonchev–Trinajstić information content (AvgIpc) is 2.41. The van der Waals surface area contributed by atoms with Crippen LogP contribution in [-0.4, -0.2) is 13.5 Å². The third-order valence-corrected chi connectivity index (χ3v) is 4.44. The second-order valence-corrected chi connectivity index (χ2v) is 6.98. The highest BCUT2D eigenvalue weighted by Gasteiger charge is 2.12. The molecule has 0 aliphatic rings. The van der Waals surface area contributed by atoms with Crippen molar-refractivity contribution in [3.05, 3.63) is 64.1 Å². The zero-order valence-corrected chi connectivity index (χ0v) is 13.0. The smallest absolute Gasteiger partial charge is 0.236 e. The van der Waals surface area contributed by atoms with Crippen LogP contribution in [-0.2, 0) is 22.4 Å². The van der Waals surface area contributed by atoms with Crippen LogP contribution in [0.1, 0.15) is 11.1 Å². The number of rotatable bonds is 5. The van der Waals surface area contributed by atoms with Gasteiger partial charge in [-0.3, -0.25) is 4.72 Å². The number of hydrogen-bond donors (Lipinski definition) is 2. The molecule has 0 heterocycles. The number of sulfonamides is 1. The van der Waals surface area contributed by atoms with E-state index in [1.807, 2.05) is 0 Å². The van der Waals surface area contributed by atoms with Gasteiger partial charge in [0.15, 0.2) is 0 Å². The first-order valence-electron chi connectivity index (χ1n) is 5.93. The molecule has 0 fully saturated rings. The Hall–Kier alpha value is -1.37. The van der Waals surface area contributed by atoms with Gasteiger partial charge in [0.2, 0.25) is 10.0 Å². The van der Waals surface area contributed by atoms with Crippen molar-refractivity contribution in [2.24, 2.45) is 0 Å². The summed E-state index contributed by atoms with van der Waals surface area (Å²) in [6, 6.07) is 13.8. The standard InChI is InChI=1S/C14H14BrNO3S/c15-13-4-6-14(7-5-13)16-20(18,19)10-12-3-1-2-11(8-12)9-17/h1-8,16-17H,9-10H2. The predicted molar refractivity (Wildman–Crippen MR) is 82.8 cm³/mol. The first-order chi connectivity index (χ1) is 9.48. The Balaban J connectivity index is 2.12. The Morgan fingerprint density at radius 3 is 2.35 bits per heavy atom. The topological polar surface area (TPSA) is 66.4 Å². The number of nitrogens with one attached hydrogen (secondary N) is 1. The monoisotopic (exact) mass is 355 g/mol. The Morgan fingerprint density at radius 1 is 1.05 bits per heavy atom. The van der Waals surface area contributed by atoms with E-state index in [1.54, 1.807) is 48.5 Å². The number of aliphatic hydroxyl groups excluding tert-OH is 1. The van der Waals surface area contributed by atoms with E-state index in [2.05, 4.69) is 20.7 Å². The molecule has 0 saturated heterocycles. The first-order valence-corrected chi connectivity index (χ1v) is 8.38. The third kappa shape index (κ3) is 4.33. The number of anilines is 1. The maximum absolute atomic E-state index is 12.1. The zero-order valence-electron chi connectivity index (χ0n) is 10.6. The Labute approximate surface area is 126 Å². The van der Waals surface area contributed by atoms with Crippen LogP contribution >= 0.6 is 15.9 Å². The van der Waals surface area contributed by atoms with E-state index in [-0.39, 0.29) is 12.4 Å². The van der Waals surface area contributed by atoms with Gasteiger partial charge in [-0.05, 0) is 35.4 Å². The molecule has 4 nitrogen and oxygen atoms in total. The molecule has 2 N–H and O–H groups in total. The van der Waals surface area contributed by atoms with Crippen molar-refractivity contribution in [3.63, 3.8) is 0 Å². The molecule has 106 valence electrons. The van der Waals surface area contributed by atoms with Gasteiger partial charge in [-0.25, -0.2) is 8.42 Å². The van der Waals surface area contributed by atoms with E-state index in [9.17, 15) is 8.42 Å². The summed E-state index contributed by atoms with van der Waals surface area (Å²) in [7, 11) is -3.47. The third-order valence-electron chi connectivity index (χ3n) is 2.65. The lowest BCUT2D eigenvalue weighted by Crippen LogP contribution is -2.15. The van der Waals surface area contributed by atoms with Crippen LogP contribution in [0, 0.1) is 0 Å². The maximum Gasteiger partial charge on any atom is 0.236 e.